The molecule has 1 aliphatic rings. The van der Waals surface area contributed by atoms with Gasteiger partial charge < -0.3 is 14.2 Å². The smallest absolute Gasteiger partial charge is 0.411 e. The molecule has 1 fully saturated rings. The highest BCUT2D eigenvalue weighted by atomic mass is 19.1. The predicted molar refractivity (Wildman–Crippen MR) is 84.2 cm³/mol. The van der Waals surface area contributed by atoms with Crippen LogP contribution in [0.5, 0.6) is 5.75 Å². The summed E-state index contributed by atoms with van der Waals surface area (Å²) in [6, 6.07) is 5.17. The number of ether oxygens (including phenoxy) is 3. The number of rotatable bonds is 3. The normalized spacial score (nSPS) is 20.6. The Balaban J connectivity index is 2.13. The molecule has 1 saturated heterocycles. The van der Waals surface area contributed by atoms with Gasteiger partial charge in [0.15, 0.2) is 11.6 Å². The third kappa shape index (κ3) is 4.37. The Morgan fingerprint density at radius 1 is 1.25 bits per heavy atom. The molecule has 1 aromatic carbocycles. The molecule has 0 aliphatic carbocycles. The van der Waals surface area contributed by atoms with Gasteiger partial charge in [-0.1, -0.05) is 12.1 Å². The summed E-state index contributed by atoms with van der Waals surface area (Å²) < 4.78 is 29.4. The minimum absolute atomic E-state index is 0.0807. The summed E-state index contributed by atoms with van der Waals surface area (Å²) in [4.78, 5) is 25.5. The van der Waals surface area contributed by atoms with Gasteiger partial charge in [0.25, 0.3) is 0 Å². The molecular formula is C17H22FNO5. The van der Waals surface area contributed by atoms with Crippen LogP contribution < -0.4 is 4.74 Å². The molecule has 2 rings (SSSR count). The van der Waals surface area contributed by atoms with Gasteiger partial charge in [-0.25, -0.2) is 14.0 Å². The van der Waals surface area contributed by atoms with Gasteiger partial charge >= 0.3 is 12.1 Å². The maximum atomic E-state index is 13.7. The van der Waals surface area contributed by atoms with Crippen molar-refractivity contribution in [1.29, 1.82) is 0 Å². The number of nitrogens with zero attached hydrogens (tertiary/aromatic N) is 1. The van der Waals surface area contributed by atoms with E-state index in [1.54, 1.807) is 32.9 Å². The van der Waals surface area contributed by atoms with E-state index in [0.29, 0.717) is 0 Å². The Bertz CT molecular complexity index is 613. The van der Waals surface area contributed by atoms with Crippen molar-refractivity contribution in [2.45, 2.75) is 44.9 Å². The van der Waals surface area contributed by atoms with Gasteiger partial charge in [0.1, 0.15) is 17.7 Å². The molecule has 2 atom stereocenters. The predicted octanol–water partition coefficient (Wildman–Crippen LogP) is 2.76. The van der Waals surface area contributed by atoms with Gasteiger partial charge in [0.05, 0.1) is 13.7 Å². The van der Waals surface area contributed by atoms with Crippen LogP contribution in [-0.2, 0) is 14.3 Å². The van der Waals surface area contributed by atoms with E-state index in [9.17, 15) is 14.0 Å². The second-order valence-corrected chi connectivity index (χ2v) is 6.58. The van der Waals surface area contributed by atoms with E-state index in [4.69, 9.17) is 14.2 Å². The van der Waals surface area contributed by atoms with Gasteiger partial charge in [-0.05, 0) is 32.9 Å². The summed E-state index contributed by atoms with van der Waals surface area (Å²) in [6.07, 6.45) is -0.948. The molecule has 1 heterocycles. The van der Waals surface area contributed by atoms with Crippen molar-refractivity contribution in [3.63, 3.8) is 0 Å². The van der Waals surface area contributed by atoms with E-state index >= 15 is 0 Å². The highest BCUT2D eigenvalue weighted by Gasteiger charge is 2.43. The lowest BCUT2D eigenvalue weighted by atomic mass is 10.2. The fraction of sp³-hybridized carbons (Fsp3) is 0.529. The van der Waals surface area contributed by atoms with Crippen LogP contribution in [0.3, 0.4) is 0 Å². The van der Waals surface area contributed by atoms with Crippen LogP contribution in [0.15, 0.2) is 24.3 Å². The van der Waals surface area contributed by atoms with Gasteiger partial charge in [0.2, 0.25) is 0 Å². The monoisotopic (exact) mass is 339 g/mol. The topological polar surface area (TPSA) is 65.1 Å². The third-order valence-electron chi connectivity index (χ3n) is 3.49. The molecule has 0 saturated carbocycles. The molecule has 0 aromatic heterocycles. The van der Waals surface area contributed by atoms with Crippen LogP contribution in [0.2, 0.25) is 0 Å². The molecule has 7 heteroatoms. The lowest BCUT2D eigenvalue weighted by Crippen LogP contribution is -2.44. The molecule has 0 bridgehead atoms. The molecule has 1 amide bonds. The molecule has 0 radical (unpaired) electrons. The highest BCUT2D eigenvalue weighted by Crippen LogP contribution is 2.27. The van der Waals surface area contributed by atoms with Crippen molar-refractivity contribution in [2.24, 2.45) is 0 Å². The van der Waals surface area contributed by atoms with Gasteiger partial charge in [-0.3, -0.25) is 4.90 Å². The number of para-hydroxylation sites is 1. The number of carbonyl (C=O) groups is 2. The van der Waals surface area contributed by atoms with Crippen LogP contribution in [0.25, 0.3) is 0 Å². The number of likely N-dealkylation sites (tertiary alicyclic amines) is 1. The van der Waals surface area contributed by atoms with Crippen molar-refractivity contribution in [3.05, 3.63) is 30.1 Å². The SMILES string of the molecule is COC(=O)[C@@H]1C[C@H](Oc2ccccc2F)CN1C(=O)OC(C)(C)C. The fourth-order valence-corrected chi connectivity index (χ4v) is 2.48. The second-order valence-electron chi connectivity index (χ2n) is 6.58. The summed E-state index contributed by atoms with van der Waals surface area (Å²) >= 11 is 0. The van der Waals surface area contributed by atoms with E-state index in [-0.39, 0.29) is 18.7 Å². The first-order valence-corrected chi connectivity index (χ1v) is 7.70. The maximum Gasteiger partial charge on any atom is 0.411 e. The summed E-state index contributed by atoms with van der Waals surface area (Å²) in [5.74, 6) is -0.972. The lowest BCUT2D eigenvalue weighted by molar-refractivity contribution is -0.145. The molecule has 24 heavy (non-hydrogen) atoms. The molecule has 6 nitrogen and oxygen atoms in total. The number of halogens is 1. The summed E-state index contributed by atoms with van der Waals surface area (Å²) in [5, 5.41) is 0. The quantitative estimate of drug-likeness (QED) is 0.792. The van der Waals surface area contributed by atoms with Crippen molar-refractivity contribution in [3.8, 4) is 5.75 Å². The standard InChI is InChI=1S/C17H22FNO5/c1-17(2,3)24-16(21)19-10-11(9-13(19)15(20)22-4)23-14-8-6-5-7-12(14)18/h5-8,11,13H,9-10H2,1-4H3/t11-,13-/m0/s1. The van der Waals surface area contributed by atoms with E-state index in [1.165, 1.54) is 24.1 Å². The first-order valence-electron chi connectivity index (χ1n) is 7.70. The first kappa shape index (κ1) is 18.0. The van der Waals surface area contributed by atoms with E-state index in [2.05, 4.69) is 0 Å². The number of methoxy groups -OCH3 is 1. The number of carbonyl (C=O) groups excluding carboxylic acids is 2. The Morgan fingerprint density at radius 2 is 1.92 bits per heavy atom. The average Bonchev–Trinajstić information content (AvgIpc) is 2.91. The number of amides is 1. The molecular weight excluding hydrogens is 317 g/mol. The second kappa shape index (κ2) is 7.07. The van der Waals surface area contributed by atoms with Gasteiger partial charge in [-0.15, -0.1) is 0 Å². The largest absolute Gasteiger partial charge is 0.485 e. The number of benzene rings is 1. The minimum Gasteiger partial charge on any atom is -0.485 e. The molecule has 1 aliphatic heterocycles. The third-order valence-corrected chi connectivity index (χ3v) is 3.49. The summed E-state index contributed by atoms with van der Waals surface area (Å²) in [7, 11) is 1.25. The summed E-state index contributed by atoms with van der Waals surface area (Å²) in [5.41, 5.74) is -0.692. The number of esters is 1. The molecule has 132 valence electrons. The van der Waals surface area contributed by atoms with E-state index < -0.39 is 35.6 Å². The molecule has 0 spiro atoms. The van der Waals surface area contributed by atoms with Crippen LogP contribution in [0.4, 0.5) is 9.18 Å². The highest BCUT2D eigenvalue weighted by molar-refractivity contribution is 5.82. The van der Waals surface area contributed by atoms with Crippen molar-refractivity contribution >= 4 is 12.1 Å². The van der Waals surface area contributed by atoms with Crippen molar-refractivity contribution in [2.75, 3.05) is 13.7 Å². The zero-order valence-electron chi connectivity index (χ0n) is 14.2. The molecule has 0 unspecified atom stereocenters. The van der Waals surface area contributed by atoms with Crippen LogP contribution in [0, 0.1) is 5.82 Å². The molecule has 0 N–H and O–H groups in total. The fourth-order valence-electron chi connectivity index (χ4n) is 2.48. The first-order chi connectivity index (χ1) is 11.2. The van der Waals surface area contributed by atoms with Gasteiger partial charge in [-0.2, -0.15) is 0 Å². The number of hydrogen-bond acceptors (Lipinski definition) is 5. The Labute approximate surface area is 140 Å². The van der Waals surface area contributed by atoms with Crippen LogP contribution in [-0.4, -0.2) is 48.4 Å². The Hall–Kier alpha value is -2.31. The van der Waals surface area contributed by atoms with Crippen molar-refractivity contribution < 1.29 is 28.2 Å². The molecule has 1 aromatic rings. The lowest BCUT2D eigenvalue weighted by Gasteiger charge is -2.27. The van der Waals surface area contributed by atoms with Crippen LogP contribution in [0.1, 0.15) is 27.2 Å². The zero-order chi connectivity index (χ0) is 17.9. The number of hydrogen-bond donors (Lipinski definition) is 0. The van der Waals surface area contributed by atoms with E-state index in [1.807, 2.05) is 0 Å². The Kier molecular flexibility index (Phi) is 5.31. The van der Waals surface area contributed by atoms with E-state index in [0.717, 1.165) is 0 Å². The maximum absolute atomic E-state index is 13.7. The zero-order valence-corrected chi connectivity index (χ0v) is 14.2. The Morgan fingerprint density at radius 3 is 2.50 bits per heavy atom. The minimum atomic E-state index is -0.818. The summed E-state index contributed by atoms with van der Waals surface area (Å²) in [6.45, 7) is 5.33. The van der Waals surface area contributed by atoms with Crippen molar-refractivity contribution in [1.82, 2.24) is 4.90 Å². The average molecular weight is 339 g/mol. The van der Waals surface area contributed by atoms with Crippen LogP contribution >= 0.6 is 0 Å². The van der Waals surface area contributed by atoms with Gasteiger partial charge in [0, 0.05) is 6.42 Å².